The minimum absolute atomic E-state index is 0.00201. The number of fused-ring (bicyclic) bond motifs is 1. The molecule has 0 saturated heterocycles. The molecule has 9 nitrogen and oxygen atoms in total. The first-order valence-electron chi connectivity index (χ1n) is 12.9. The second kappa shape index (κ2) is 13.2. The third kappa shape index (κ3) is 7.20. The zero-order valence-electron chi connectivity index (χ0n) is 23.7. The normalized spacial score (nSPS) is 11.0. The lowest BCUT2D eigenvalue weighted by molar-refractivity contribution is -0.107. The number of nitrogens with zero attached hydrogens (tertiary/aromatic N) is 4. The van der Waals surface area contributed by atoms with E-state index in [1.165, 1.54) is 11.0 Å². The summed E-state index contributed by atoms with van der Waals surface area (Å²) in [4.78, 5) is 28.9. The fourth-order valence-corrected chi connectivity index (χ4v) is 3.83. The molecule has 10 heteroatoms. The number of aliphatic hydroxyl groups excluding tert-OH is 1. The van der Waals surface area contributed by atoms with E-state index in [0.717, 1.165) is 5.69 Å². The Morgan fingerprint density at radius 2 is 1.95 bits per heavy atom. The molecule has 0 radical (unpaired) electrons. The smallest absolute Gasteiger partial charge is 0.253 e. The third-order valence-electron chi connectivity index (χ3n) is 6.23. The maximum Gasteiger partial charge on any atom is 0.253 e. The maximum atomic E-state index is 14.5. The van der Waals surface area contributed by atoms with Gasteiger partial charge in [-0.05, 0) is 63.6 Å². The number of carbonyl (C=O) groups excluding carboxylic acids is 2. The Morgan fingerprint density at radius 1 is 1.20 bits per heavy atom. The van der Waals surface area contributed by atoms with Crippen LogP contribution in [0.4, 0.5) is 10.1 Å². The first-order chi connectivity index (χ1) is 19.0. The monoisotopic (exact) mass is 549 g/mol. The van der Waals surface area contributed by atoms with Crippen LogP contribution in [0, 0.1) is 12.7 Å². The number of likely N-dealkylation sites (N-methyl/N-ethyl adjacent to an activating group) is 1. The average molecular weight is 550 g/mol. The summed E-state index contributed by atoms with van der Waals surface area (Å²) in [6.07, 6.45) is 6.05. The van der Waals surface area contributed by atoms with Gasteiger partial charge in [0, 0.05) is 56.0 Å². The van der Waals surface area contributed by atoms with Crippen molar-refractivity contribution in [1.29, 1.82) is 0 Å². The summed E-state index contributed by atoms with van der Waals surface area (Å²) >= 11 is 0. The zero-order chi connectivity index (χ0) is 29.4. The number of pyridine rings is 1. The molecular weight excluding hydrogens is 513 g/mol. The van der Waals surface area contributed by atoms with E-state index in [9.17, 15) is 14.0 Å². The summed E-state index contributed by atoms with van der Waals surface area (Å²) in [7, 11) is 3.50. The molecule has 0 aliphatic heterocycles. The average Bonchev–Trinajstić information content (AvgIpc) is 3.43. The van der Waals surface area contributed by atoms with E-state index in [4.69, 9.17) is 9.84 Å². The van der Waals surface area contributed by atoms with Crippen molar-refractivity contribution in [2.45, 2.75) is 39.7 Å². The van der Waals surface area contributed by atoms with Gasteiger partial charge in [0.1, 0.15) is 23.6 Å². The number of aromatic nitrogens is 3. The molecule has 0 saturated carbocycles. The Hall–Kier alpha value is -4.31. The van der Waals surface area contributed by atoms with E-state index in [1.807, 2.05) is 24.1 Å². The number of hydrogen-bond donors (Lipinski definition) is 2. The number of amides is 1. The Labute approximate surface area is 233 Å². The number of halogens is 1. The van der Waals surface area contributed by atoms with Crippen LogP contribution in [0.15, 0.2) is 55.0 Å². The highest BCUT2D eigenvalue weighted by molar-refractivity contribution is 5.99. The van der Waals surface area contributed by atoms with Gasteiger partial charge in [-0.25, -0.2) is 4.39 Å². The number of rotatable bonds is 8. The van der Waals surface area contributed by atoms with Crippen molar-refractivity contribution in [3.8, 4) is 11.5 Å². The number of aldehydes is 1. The fourth-order valence-electron chi connectivity index (χ4n) is 3.83. The Balaban J connectivity index is 0.000000336. The second-order valence-electron chi connectivity index (χ2n) is 10.2. The number of anilines is 1. The number of hydrogen-bond acceptors (Lipinski definition) is 7. The fraction of sp³-hybridized carbons (Fsp3) is 0.333. The molecule has 0 unspecified atom stereocenters. The predicted molar refractivity (Wildman–Crippen MR) is 154 cm³/mol. The predicted octanol–water partition coefficient (Wildman–Crippen LogP) is 4.96. The molecule has 0 aliphatic carbocycles. The number of nitrogens with one attached hydrogen (secondary N) is 1. The van der Waals surface area contributed by atoms with Crippen LogP contribution in [0.5, 0.6) is 11.5 Å². The molecule has 0 fully saturated rings. The summed E-state index contributed by atoms with van der Waals surface area (Å²) in [5.41, 5.74) is 2.79. The lowest BCUT2D eigenvalue weighted by Gasteiger charge is -2.18. The maximum absolute atomic E-state index is 14.5. The highest BCUT2D eigenvalue weighted by atomic mass is 19.1. The second-order valence-corrected chi connectivity index (χ2v) is 10.2. The highest BCUT2D eigenvalue weighted by Crippen LogP contribution is 2.33. The van der Waals surface area contributed by atoms with Gasteiger partial charge in [0.25, 0.3) is 5.91 Å². The number of ether oxygens (including phenoxy) is 1. The van der Waals surface area contributed by atoms with Crippen molar-refractivity contribution >= 4 is 28.8 Å². The van der Waals surface area contributed by atoms with Crippen molar-refractivity contribution in [1.82, 2.24) is 19.7 Å². The molecule has 1 amide bonds. The first kappa shape index (κ1) is 30.2. The quantitative estimate of drug-likeness (QED) is 0.299. The lowest BCUT2D eigenvalue weighted by atomic mass is 10.1. The van der Waals surface area contributed by atoms with E-state index < -0.39 is 5.82 Å². The van der Waals surface area contributed by atoms with Crippen LogP contribution in [0.1, 0.15) is 42.3 Å². The Morgan fingerprint density at radius 3 is 2.55 bits per heavy atom. The molecule has 0 bridgehead atoms. The van der Waals surface area contributed by atoms with Crippen LogP contribution in [0.25, 0.3) is 10.9 Å². The van der Waals surface area contributed by atoms with Gasteiger partial charge in [0.15, 0.2) is 0 Å². The summed E-state index contributed by atoms with van der Waals surface area (Å²) in [5.74, 6) is 0.0320. The van der Waals surface area contributed by atoms with Crippen LogP contribution in [0.2, 0.25) is 0 Å². The summed E-state index contributed by atoms with van der Waals surface area (Å²) in [6.45, 7) is 8.05. The summed E-state index contributed by atoms with van der Waals surface area (Å²) in [6, 6.07) is 9.82. The zero-order valence-corrected chi connectivity index (χ0v) is 23.7. The van der Waals surface area contributed by atoms with Gasteiger partial charge in [0.2, 0.25) is 0 Å². The molecule has 2 aromatic heterocycles. The molecule has 4 rings (SSSR count). The van der Waals surface area contributed by atoms with Crippen LogP contribution in [-0.2, 0) is 16.8 Å². The largest absolute Gasteiger partial charge is 0.456 e. The molecular formula is C30H36FN5O4. The third-order valence-corrected chi connectivity index (χ3v) is 6.23. The van der Waals surface area contributed by atoms with Gasteiger partial charge >= 0.3 is 0 Å². The molecule has 2 heterocycles. The van der Waals surface area contributed by atoms with Gasteiger partial charge in [0.05, 0.1) is 29.5 Å². The first-order valence-corrected chi connectivity index (χ1v) is 12.9. The minimum atomic E-state index is -0.477. The number of benzene rings is 2. The van der Waals surface area contributed by atoms with Crippen molar-refractivity contribution < 1.29 is 23.8 Å². The molecule has 212 valence electrons. The van der Waals surface area contributed by atoms with Crippen molar-refractivity contribution in [2.24, 2.45) is 0 Å². The van der Waals surface area contributed by atoms with E-state index in [2.05, 4.69) is 36.2 Å². The van der Waals surface area contributed by atoms with Gasteiger partial charge in [-0.1, -0.05) is 6.07 Å². The molecule has 0 spiro atoms. The van der Waals surface area contributed by atoms with E-state index in [-0.39, 0.29) is 31.0 Å². The number of carbonyl (C=O) groups is 2. The minimum Gasteiger partial charge on any atom is -0.456 e. The molecule has 4 aromatic rings. The van der Waals surface area contributed by atoms with Crippen molar-refractivity contribution in [3.63, 3.8) is 0 Å². The van der Waals surface area contributed by atoms with Crippen LogP contribution < -0.4 is 10.1 Å². The number of aliphatic hydroxyl groups is 1. The Kier molecular flexibility index (Phi) is 9.95. The summed E-state index contributed by atoms with van der Waals surface area (Å²) in [5, 5.41) is 16.9. The highest BCUT2D eigenvalue weighted by Gasteiger charge is 2.16. The van der Waals surface area contributed by atoms with Crippen LogP contribution >= 0.6 is 0 Å². The topological polar surface area (TPSA) is 110 Å². The Bertz CT molecular complexity index is 1480. The molecule has 2 aromatic carbocycles. The van der Waals surface area contributed by atoms with Crippen LogP contribution in [0.3, 0.4) is 0 Å². The van der Waals surface area contributed by atoms with Gasteiger partial charge in [-0.2, -0.15) is 5.10 Å². The molecule has 2 N–H and O–H groups in total. The van der Waals surface area contributed by atoms with E-state index in [0.29, 0.717) is 45.4 Å². The van der Waals surface area contributed by atoms with Crippen LogP contribution in [-0.4, -0.2) is 64.2 Å². The van der Waals surface area contributed by atoms with Gasteiger partial charge in [-0.15, -0.1) is 0 Å². The van der Waals surface area contributed by atoms with Gasteiger partial charge in [-0.3, -0.25) is 14.5 Å². The van der Waals surface area contributed by atoms with Gasteiger partial charge < -0.3 is 24.9 Å². The van der Waals surface area contributed by atoms with Crippen molar-refractivity contribution in [2.75, 3.05) is 32.6 Å². The summed E-state index contributed by atoms with van der Waals surface area (Å²) < 4.78 is 22.4. The van der Waals surface area contributed by atoms with Crippen molar-refractivity contribution in [3.05, 3.63) is 77.5 Å². The van der Waals surface area contributed by atoms with E-state index in [1.54, 1.807) is 50.5 Å². The molecule has 0 atom stereocenters. The molecule has 40 heavy (non-hydrogen) atoms. The standard InChI is InChI=1S/C22H21FN2O4.C8H15N3/c1-14-19(6-4-15(8-11-26)21(14)23)29-20-7-9-24-18-5-3-16(13-17(18)20)22(28)25(2)10-12-27;1-8(2,3)11-6-7(9-4)5-10-11/h3-7,9,11,13,27H,8,10,12H2,1-2H3;5-6,9H,1-4H3. The SMILES string of the molecule is CNc1cnn(C(C)(C)C)c1.Cc1c(Oc2ccnc3ccc(C(=O)N(C)CCO)cc23)ccc(CC=O)c1F. The lowest BCUT2D eigenvalue weighted by Crippen LogP contribution is -2.29. The van der Waals surface area contributed by atoms with E-state index >= 15 is 0 Å². The molecule has 0 aliphatic rings.